The summed E-state index contributed by atoms with van der Waals surface area (Å²) in [7, 11) is -3.31. The van der Waals surface area contributed by atoms with Crippen LogP contribution in [0.25, 0.3) is 0 Å². The highest BCUT2D eigenvalue weighted by molar-refractivity contribution is 7.89. The molecule has 0 fully saturated rings. The molecule has 0 radical (unpaired) electrons. The minimum Gasteiger partial charge on any atom is -0.381 e. The molecule has 170 valence electrons. The van der Waals surface area contributed by atoms with Gasteiger partial charge in [0.05, 0.1) is 5.75 Å². The third kappa shape index (κ3) is 19.2. The fraction of sp³-hybridized carbons (Fsp3) is 1.00. The molecule has 0 aromatic carbocycles. The Bertz CT molecular complexity index is 472. The number of hydrogen-bond acceptors (Lipinski definition) is 3. The van der Waals surface area contributed by atoms with Gasteiger partial charge in [0.25, 0.3) is 0 Å². The zero-order valence-corrected chi connectivity index (χ0v) is 20.3. The second-order valence-electron chi connectivity index (χ2n) is 10.1. The van der Waals surface area contributed by atoms with Gasteiger partial charge >= 0.3 is 0 Å². The third-order valence-electron chi connectivity index (χ3n) is 5.77. The molecule has 0 saturated carbocycles. The van der Waals surface area contributed by atoms with Crippen molar-refractivity contribution in [1.29, 1.82) is 0 Å². The summed E-state index contributed by atoms with van der Waals surface area (Å²) in [5.74, 6) is 0.104. The molecule has 0 aromatic rings. The zero-order valence-electron chi connectivity index (χ0n) is 19.5. The molecule has 0 aromatic heterocycles. The lowest BCUT2D eigenvalue weighted by molar-refractivity contribution is 0.119. The van der Waals surface area contributed by atoms with Crippen LogP contribution < -0.4 is 5.14 Å². The molecule has 0 aliphatic carbocycles. The molecule has 0 rings (SSSR count). The number of nitrogens with two attached hydrogens (primary N) is 1. The molecule has 0 spiro atoms. The molecule has 2 N–H and O–H groups in total. The predicted octanol–water partition coefficient (Wildman–Crippen LogP) is 6.44. The van der Waals surface area contributed by atoms with E-state index >= 15 is 0 Å². The third-order valence-corrected chi connectivity index (χ3v) is 6.63. The Hall–Kier alpha value is -0.130. The van der Waals surface area contributed by atoms with Gasteiger partial charge in [-0.3, -0.25) is 0 Å². The molecule has 0 amide bonds. The van der Waals surface area contributed by atoms with Crippen molar-refractivity contribution in [2.45, 2.75) is 118 Å². The molecule has 0 atom stereocenters. The Morgan fingerprint density at radius 2 is 1.07 bits per heavy atom. The Balaban J connectivity index is 3.57. The van der Waals surface area contributed by atoms with Gasteiger partial charge in [-0.1, -0.05) is 73.1 Å². The normalized spacial score (nSPS) is 13.2. The lowest BCUT2D eigenvalue weighted by Gasteiger charge is -2.25. The maximum atomic E-state index is 11.0. The number of sulfonamides is 1. The van der Waals surface area contributed by atoms with Gasteiger partial charge in [-0.05, 0) is 55.8 Å². The van der Waals surface area contributed by atoms with Crippen molar-refractivity contribution in [2.75, 3.05) is 19.0 Å². The van der Waals surface area contributed by atoms with Crippen molar-refractivity contribution in [3.05, 3.63) is 0 Å². The van der Waals surface area contributed by atoms with Gasteiger partial charge in [0.2, 0.25) is 10.0 Å². The van der Waals surface area contributed by atoms with Gasteiger partial charge < -0.3 is 4.74 Å². The first kappa shape index (κ1) is 27.9. The van der Waals surface area contributed by atoms with Gasteiger partial charge in [-0.15, -0.1) is 0 Å². The molecule has 5 heteroatoms. The van der Waals surface area contributed by atoms with Crippen LogP contribution in [0.3, 0.4) is 0 Å². The smallest absolute Gasteiger partial charge is 0.209 e. The van der Waals surface area contributed by atoms with E-state index in [1.54, 1.807) is 0 Å². The number of unbranched alkanes of at least 4 members (excludes halogenated alkanes) is 5. The fourth-order valence-electron chi connectivity index (χ4n) is 3.73. The first-order chi connectivity index (χ1) is 13.0. The summed E-state index contributed by atoms with van der Waals surface area (Å²) in [6.07, 6.45) is 15.2. The summed E-state index contributed by atoms with van der Waals surface area (Å²) in [5, 5.41) is 5.05. The Morgan fingerprint density at radius 3 is 1.46 bits per heavy atom. The van der Waals surface area contributed by atoms with E-state index in [4.69, 9.17) is 9.88 Å². The van der Waals surface area contributed by atoms with E-state index in [1.165, 1.54) is 51.4 Å². The molecule has 0 aliphatic heterocycles. The summed E-state index contributed by atoms with van der Waals surface area (Å²) in [6.45, 7) is 13.4. The van der Waals surface area contributed by atoms with E-state index in [0.717, 1.165) is 38.9 Å². The van der Waals surface area contributed by atoms with Crippen molar-refractivity contribution < 1.29 is 13.2 Å². The fourth-order valence-corrected chi connectivity index (χ4v) is 4.33. The minimum atomic E-state index is -3.31. The van der Waals surface area contributed by atoms with Gasteiger partial charge in [-0.25, -0.2) is 13.6 Å². The van der Waals surface area contributed by atoms with Crippen LogP contribution in [0.5, 0.6) is 0 Å². The molecule has 0 unspecified atom stereocenters. The Kier molecular flexibility index (Phi) is 14.7. The monoisotopic (exact) mass is 419 g/mol. The molecule has 0 bridgehead atoms. The van der Waals surface area contributed by atoms with Crippen molar-refractivity contribution in [2.24, 2.45) is 16.0 Å². The van der Waals surface area contributed by atoms with Gasteiger partial charge in [-0.2, -0.15) is 0 Å². The quantitative estimate of drug-likeness (QED) is 0.245. The van der Waals surface area contributed by atoms with Crippen LogP contribution in [0.1, 0.15) is 118 Å². The van der Waals surface area contributed by atoms with Crippen LogP contribution >= 0.6 is 0 Å². The highest BCUT2D eigenvalue weighted by atomic mass is 32.2. The van der Waals surface area contributed by atoms with E-state index in [-0.39, 0.29) is 11.2 Å². The van der Waals surface area contributed by atoms with Crippen LogP contribution in [0.2, 0.25) is 0 Å². The Labute approximate surface area is 176 Å². The molecule has 0 aliphatic rings. The highest BCUT2D eigenvalue weighted by Gasteiger charge is 2.18. The first-order valence-corrected chi connectivity index (χ1v) is 13.3. The lowest BCUT2D eigenvalue weighted by Crippen LogP contribution is -2.17. The molecule has 0 saturated heterocycles. The van der Waals surface area contributed by atoms with Crippen LogP contribution in [-0.4, -0.2) is 27.4 Å². The predicted molar refractivity (Wildman–Crippen MR) is 122 cm³/mol. The summed E-state index contributed by atoms with van der Waals surface area (Å²) in [5.41, 5.74) is 0.747. The Morgan fingerprint density at radius 1 is 0.679 bits per heavy atom. The van der Waals surface area contributed by atoms with E-state index in [9.17, 15) is 8.42 Å². The first-order valence-electron chi connectivity index (χ1n) is 11.6. The van der Waals surface area contributed by atoms with Crippen molar-refractivity contribution in [3.8, 4) is 0 Å². The van der Waals surface area contributed by atoms with Crippen LogP contribution in [0.4, 0.5) is 0 Å². The summed E-state index contributed by atoms with van der Waals surface area (Å²) in [6, 6.07) is 0. The summed E-state index contributed by atoms with van der Waals surface area (Å²) in [4.78, 5) is 0. The second-order valence-corrected chi connectivity index (χ2v) is 11.9. The second kappa shape index (κ2) is 14.8. The topological polar surface area (TPSA) is 69.4 Å². The molecular weight excluding hydrogens is 370 g/mol. The van der Waals surface area contributed by atoms with Crippen LogP contribution in [0.15, 0.2) is 0 Å². The van der Waals surface area contributed by atoms with E-state index in [0.29, 0.717) is 11.8 Å². The lowest BCUT2D eigenvalue weighted by atomic mass is 9.82. The maximum Gasteiger partial charge on any atom is 0.209 e. The van der Waals surface area contributed by atoms with Crippen molar-refractivity contribution >= 4 is 10.0 Å². The number of ether oxygens (including phenoxy) is 1. The number of primary sulfonamides is 1. The zero-order chi connectivity index (χ0) is 21.5. The van der Waals surface area contributed by atoms with E-state index in [2.05, 4.69) is 34.6 Å². The average molecular weight is 420 g/mol. The van der Waals surface area contributed by atoms with Crippen molar-refractivity contribution in [3.63, 3.8) is 0 Å². The summed E-state index contributed by atoms with van der Waals surface area (Å²) >= 11 is 0. The maximum absolute atomic E-state index is 11.0. The number of hydrogen-bond donors (Lipinski definition) is 1. The van der Waals surface area contributed by atoms with Crippen molar-refractivity contribution in [1.82, 2.24) is 0 Å². The van der Waals surface area contributed by atoms with E-state index in [1.807, 2.05) is 0 Å². The van der Waals surface area contributed by atoms with Gasteiger partial charge in [0, 0.05) is 13.2 Å². The van der Waals surface area contributed by atoms with Crippen LogP contribution in [-0.2, 0) is 14.8 Å². The molecule has 28 heavy (non-hydrogen) atoms. The molecule has 4 nitrogen and oxygen atoms in total. The van der Waals surface area contributed by atoms with Crippen LogP contribution in [0, 0.1) is 10.8 Å². The standard InChI is InChI=1S/C23H49NO3S/c1-6-7-8-15-22(2,3)16-9-12-19-27-20-13-10-17-23(4,5)18-11-14-21-28(24,25)26/h6-21H2,1-5H3,(H2,24,25,26). The van der Waals surface area contributed by atoms with Gasteiger partial charge in [0.1, 0.15) is 0 Å². The summed E-state index contributed by atoms with van der Waals surface area (Å²) < 4.78 is 27.7. The van der Waals surface area contributed by atoms with Gasteiger partial charge in [0.15, 0.2) is 0 Å². The SMILES string of the molecule is CCCCCC(C)(C)CCCCOCCCCC(C)(C)CCCCS(N)(=O)=O. The highest BCUT2D eigenvalue weighted by Crippen LogP contribution is 2.30. The minimum absolute atomic E-state index is 0.104. The molecule has 0 heterocycles. The van der Waals surface area contributed by atoms with E-state index < -0.39 is 10.0 Å². The molecular formula is C23H49NO3S. The average Bonchev–Trinajstić information content (AvgIpc) is 2.56. The number of rotatable bonds is 19. The largest absolute Gasteiger partial charge is 0.381 e.